The maximum Gasteiger partial charge on any atom is 0.145 e. The van der Waals surface area contributed by atoms with Gasteiger partial charge in [-0.2, -0.15) is 0 Å². The molecule has 3 N–H and O–H groups in total. The van der Waals surface area contributed by atoms with Crippen molar-refractivity contribution in [3.63, 3.8) is 0 Å². The first-order valence-corrected chi connectivity index (χ1v) is 5.77. The van der Waals surface area contributed by atoms with E-state index in [-0.39, 0.29) is 0 Å². The van der Waals surface area contributed by atoms with Gasteiger partial charge in [0.25, 0.3) is 0 Å². The molecule has 1 aromatic heterocycles. The Balaban J connectivity index is 2.25. The molecule has 1 aliphatic rings. The molecule has 0 unspecified atom stereocenters. The van der Waals surface area contributed by atoms with Gasteiger partial charge in [-0.1, -0.05) is 12.1 Å². The van der Waals surface area contributed by atoms with Gasteiger partial charge in [0.2, 0.25) is 0 Å². The van der Waals surface area contributed by atoms with Gasteiger partial charge in [-0.3, -0.25) is 5.84 Å². The minimum absolute atomic E-state index is 0.551. The van der Waals surface area contributed by atoms with E-state index in [1.807, 2.05) is 24.3 Å². The number of hydrogen-bond donors (Lipinski definition) is 2. The number of rotatable bonds is 3. The quantitative estimate of drug-likeness (QED) is 0.626. The summed E-state index contributed by atoms with van der Waals surface area (Å²) in [7, 11) is 1.67. The molecule has 17 heavy (non-hydrogen) atoms. The number of nitrogen functional groups attached to an aromatic ring is 1. The predicted octanol–water partition coefficient (Wildman–Crippen LogP) is 2.41. The van der Waals surface area contributed by atoms with Crippen LogP contribution >= 0.6 is 0 Å². The minimum atomic E-state index is 0.551. The van der Waals surface area contributed by atoms with Crippen LogP contribution in [-0.2, 0) is 0 Å². The molecule has 0 aliphatic heterocycles. The first-order chi connectivity index (χ1) is 8.33. The third kappa shape index (κ3) is 1.70. The van der Waals surface area contributed by atoms with E-state index in [1.54, 1.807) is 7.11 Å². The number of hydrogen-bond acceptors (Lipinski definition) is 4. The van der Waals surface area contributed by atoms with Crippen molar-refractivity contribution in [3.8, 4) is 5.75 Å². The summed E-state index contributed by atoms with van der Waals surface area (Å²) in [4.78, 5) is 4.71. The lowest BCUT2D eigenvalue weighted by Gasteiger charge is -2.11. The zero-order chi connectivity index (χ0) is 11.8. The Morgan fingerprint density at radius 1 is 1.41 bits per heavy atom. The number of methoxy groups -OCH3 is 1. The molecule has 1 aromatic carbocycles. The molecule has 1 heterocycles. The van der Waals surface area contributed by atoms with E-state index in [2.05, 4.69) is 5.43 Å². The molecule has 0 radical (unpaired) electrons. The molecular formula is C13H15N3O. The maximum atomic E-state index is 5.56. The van der Waals surface area contributed by atoms with Gasteiger partial charge < -0.3 is 10.2 Å². The lowest BCUT2D eigenvalue weighted by Crippen LogP contribution is -2.10. The standard InChI is InChI=1S/C13H15N3O/c1-17-11-4-2-3-9-7-10(16-14)12(8-5-6-8)15-13(9)11/h2-4,7-8,16H,5-6,14H2,1H3. The van der Waals surface area contributed by atoms with Crippen molar-refractivity contribution < 1.29 is 4.74 Å². The minimum Gasteiger partial charge on any atom is -0.494 e. The van der Waals surface area contributed by atoms with Crippen molar-refractivity contribution in [1.29, 1.82) is 0 Å². The zero-order valence-corrected chi connectivity index (χ0v) is 9.73. The van der Waals surface area contributed by atoms with Crippen molar-refractivity contribution in [2.75, 3.05) is 12.5 Å². The summed E-state index contributed by atoms with van der Waals surface area (Å²) in [6, 6.07) is 7.95. The van der Waals surface area contributed by atoms with Crippen molar-refractivity contribution in [2.24, 2.45) is 5.84 Å². The summed E-state index contributed by atoms with van der Waals surface area (Å²) in [5.74, 6) is 6.92. The van der Waals surface area contributed by atoms with Crippen molar-refractivity contribution in [3.05, 3.63) is 30.0 Å². The number of para-hydroxylation sites is 1. The fourth-order valence-corrected chi connectivity index (χ4v) is 2.13. The van der Waals surface area contributed by atoms with Crippen LogP contribution in [-0.4, -0.2) is 12.1 Å². The average molecular weight is 229 g/mol. The molecule has 0 amide bonds. The van der Waals surface area contributed by atoms with Crippen LogP contribution in [0.15, 0.2) is 24.3 Å². The summed E-state index contributed by atoms with van der Waals surface area (Å²) in [5, 5.41) is 1.04. The van der Waals surface area contributed by atoms with Crippen molar-refractivity contribution in [2.45, 2.75) is 18.8 Å². The van der Waals surface area contributed by atoms with Crippen LogP contribution in [0, 0.1) is 0 Å². The highest BCUT2D eigenvalue weighted by atomic mass is 16.5. The monoisotopic (exact) mass is 229 g/mol. The smallest absolute Gasteiger partial charge is 0.145 e. The summed E-state index contributed by atoms with van der Waals surface area (Å²) in [6.45, 7) is 0. The van der Waals surface area contributed by atoms with Crippen LogP contribution in [0.2, 0.25) is 0 Å². The van der Waals surface area contributed by atoms with E-state index >= 15 is 0 Å². The Morgan fingerprint density at radius 2 is 2.24 bits per heavy atom. The fraction of sp³-hybridized carbons (Fsp3) is 0.308. The molecule has 4 nitrogen and oxygen atoms in total. The third-order valence-corrected chi connectivity index (χ3v) is 3.18. The molecule has 2 aromatic rings. The molecule has 1 saturated carbocycles. The number of nitrogens with two attached hydrogens (primary N) is 1. The van der Waals surface area contributed by atoms with Crippen LogP contribution in [0.25, 0.3) is 10.9 Å². The van der Waals surface area contributed by atoms with Gasteiger partial charge in [0, 0.05) is 11.3 Å². The second kappa shape index (κ2) is 3.89. The first kappa shape index (κ1) is 10.4. The van der Waals surface area contributed by atoms with Crippen LogP contribution in [0.5, 0.6) is 5.75 Å². The Labute approximate surface area is 99.8 Å². The third-order valence-electron chi connectivity index (χ3n) is 3.18. The largest absolute Gasteiger partial charge is 0.494 e. The summed E-state index contributed by atoms with van der Waals surface area (Å²) in [6.07, 6.45) is 2.39. The number of hydrazine groups is 1. The topological polar surface area (TPSA) is 60.2 Å². The molecule has 0 spiro atoms. The Hall–Kier alpha value is -1.81. The number of fused-ring (bicyclic) bond motifs is 1. The summed E-state index contributed by atoms with van der Waals surface area (Å²) < 4.78 is 5.34. The lowest BCUT2D eigenvalue weighted by atomic mass is 10.1. The van der Waals surface area contributed by atoms with Crippen LogP contribution in [0.1, 0.15) is 24.5 Å². The van der Waals surface area contributed by atoms with Gasteiger partial charge in [0.15, 0.2) is 0 Å². The van der Waals surface area contributed by atoms with Gasteiger partial charge in [0.05, 0.1) is 18.5 Å². The Morgan fingerprint density at radius 3 is 2.88 bits per heavy atom. The molecule has 1 aliphatic carbocycles. The van der Waals surface area contributed by atoms with Gasteiger partial charge in [-0.15, -0.1) is 0 Å². The highest BCUT2D eigenvalue weighted by Gasteiger charge is 2.28. The van der Waals surface area contributed by atoms with Crippen molar-refractivity contribution >= 4 is 16.6 Å². The van der Waals surface area contributed by atoms with E-state index in [0.29, 0.717) is 5.92 Å². The predicted molar refractivity (Wildman–Crippen MR) is 68.1 cm³/mol. The Bertz CT molecular complexity index is 564. The zero-order valence-electron chi connectivity index (χ0n) is 9.73. The van der Waals surface area contributed by atoms with E-state index in [9.17, 15) is 0 Å². The lowest BCUT2D eigenvalue weighted by molar-refractivity contribution is 0.419. The second-order valence-corrected chi connectivity index (χ2v) is 4.37. The van der Waals surface area contributed by atoms with E-state index in [0.717, 1.165) is 28.0 Å². The van der Waals surface area contributed by atoms with Crippen LogP contribution in [0.3, 0.4) is 0 Å². The van der Waals surface area contributed by atoms with Crippen LogP contribution < -0.4 is 16.0 Å². The van der Waals surface area contributed by atoms with Gasteiger partial charge in [0.1, 0.15) is 11.3 Å². The number of nitrogens with zero attached hydrogens (tertiary/aromatic N) is 1. The molecule has 3 rings (SSSR count). The molecule has 1 fully saturated rings. The van der Waals surface area contributed by atoms with E-state index < -0.39 is 0 Å². The van der Waals surface area contributed by atoms with E-state index in [1.165, 1.54) is 12.8 Å². The highest BCUT2D eigenvalue weighted by molar-refractivity contribution is 5.87. The number of anilines is 1. The second-order valence-electron chi connectivity index (χ2n) is 4.37. The maximum absolute atomic E-state index is 5.56. The van der Waals surface area contributed by atoms with Crippen LogP contribution in [0.4, 0.5) is 5.69 Å². The van der Waals surface area contributed by atoms with Crippen molar-refractivity contribution in [1.82, 2.24) is 4.98 Å². The molecule has 4 heteroatoms. The van der Waals surface area contributed by atoms with E-state index in [4.69, 9.17) is 15.6 Å². The summed E-state index contributed by atoms with van der Waals surface area (Å²) in [5.41, 5.74) is 5.64. The molecule has 0 atom stereocenters. The van der Waals surface area contributed by atoms with Gasteiger partial charge in [-0.05, 0) is 25.0 Å². The first-order valence-electron chi connectivity index (χ1n) is 5.77. The highest BCUT2D eigenvalue weighted by Crippen LogP contribution is 2.43. The average Bonchev–Trinajstić information content (AvgIpc) is 3.20. The normalized spacial score (nSPS) is 14.9. The Kier molecular flexibility index (Phi) is 2.37. The molecule has 0 saturated heterocycles. The fourth-order valence-electron chi connectivity index (χ4n) is 2.13. The summed E-state index contributed by atoms with van der Waals surface area (Å²) >= 11 is 0. The number of aromatic nitrogens is 1. The van der Waals surface area contributed by atoms with Gasteiger partial charge in [-0.25, -0.2) is 4.98 Å². The SMILES string of the molecule is COc1cccc2cc(NN)c(C3CC3)nc12. The number of pyridine rings is 1. The number of nitrogens with one attached hydrogen (secondary N) is 1. The van der Waals surface area contributed by atoms with Gasteiger partial charge >= 0.3 is 0 Å². The molecule has 88 valence electrons. The molecular weight excluding hydrogens is 214 g/mol. The number of benzene rings is 1. The number of ether oxygens (including phenoxy) is 1. The molecule has 0 bridgehead atoms.